The Morgan fingerprint density at radius 1 is 1.12 bits per heavy atom. The van der Waals surface area contributed by atoms with Crippen molar-refractivity contribution >= 4 is 21.6 Å². The van der Waals surface area contributed by atoms with Gasteiger partial charge in [0.05, 0.1) is 17.1 Å². The zero-order chi connectivity index (χ0) is 17.7. The van der Waals surface area contributed by atoms with Gasteiger partial charge < -0.3 is 10.1 Å². The first-order valence-electron chi connectivity index (χ1n) is 7.42. The largest absolute Gasteiger partial charge is 0.493 e. The molecule has 0 radical (unpaired) electrons. The lowest BCUT2D eigenvalue weighted by Gasteiger charge is -2.13. The Bertz CT molecular complexity index is 832. The fourth-order valence-electron chi connectivity index (χ4n) is 2.08. The number of para-hydroxylation sites is 1. The number of hydrogen-bond acceptors (Lipinski definition) is 4. The van der Waals surface area contributed by atoms with E-state index in [4.69, 9.17) is 4.74 Å². The van der Waals surface area contributed by atoms with Gasteiger partial charge in [-0.05, 0) is 37.3 Å². The Balaban J connectivity index is 2.28. The van der Waals surface area contributed by atoms with Crippen LogP contribution in [0.15, 0.2) is 53.4 Å². The molecule has 0 unspecified atom stereocenters. The number of sulfonamides is 1. The van der Waals surface area contributed by atoms with Crippen LogP contribution >= 0.6 is 0 Å². The number of nitrogens with one attached hydrogen (secondary N) is 1. The number of rotatable bonds is 6. The molecule has 0 aliphatic carbocycles. The molecule has 0 spiro atoms. The molecule has 1 amide bonds. The second-order valence-electron chi connectivity index (χ2n) is 5.20. The molecule has 128 valence electrons. The zero-order valence-corrected chi connectivity index (χ0v) is 14.6. The molecule has 0 aliphatic heterocycles. The van der Waals surface area contributed by atoms with Crippen LogP contribution in [0.4, 0.5) is 5.69 Å². The molecule has 6 nitrogen and oxygen atoms in total. The molecule has 0 saturated heterocycles. The Kier molecular flexibility index (Phi) is 5.58. The summed E-state index contributed by atoms with van der Waals surface area (Å²) in [7, 11) is -0.645. The SMILES string of the molecule is CCOc1ccccc1C(=O)Nc1cccc(S(=O)(=O)N(C)C)c1. The van der Waals surface area contributed by atoms with Gasteiger partial charge in [0.25, 0.3) is 5.91 Å². The minimum absolute atomic E-state index is 0.114. The summed E-state index contributed by atoms with van der Waals surface area (Å²) in [6, 6.07) is 13.0. The van der Waals surface area contributed by atoms with Crippen LogP contribution in [0.3, 0.4) is 0 Å². The number of carbonyl (C=O) groups is 1. The van der Waals surface area contributed by atoms with Gasteiger partial charge >= 0.3 is 0 Å². The number of nitrogens with zero attached hydrogens (tertiary/aromatic N) is 1. The smallest absolute Gasteiger partial charge is 0.259 e. The van der Waals surface area contributed by atoms with Crippen molar-refractivity contribution in [1.82, 2.24) is 4.31 Å². The summed E-state index contributed by atoms with van der Waals surface area (Å²) in [5, 5.41) is 2.71. The van der Waals surface area contributed by atoms with E-state index in [-0.39, 0.29) is 10.8 Å². The molecule has 24 heavy (non-hydrogen) atoms. The predicted molar refractivity (Wildman–Crippen MR) is 92.9 cm³/mol. The van der Waals surface area contributed by atoms with Crippen molar-refractivity contribution in [3.05, 3.63) is 54.1 Å². The molecule has 0 aliphatic rings. The average molecular weight is 348 g/mol. The summed E-state index contributed by atoms with van der Waals surface area (Å²) in [5.74, 6) is 0.119. The van der Waals surface area contributed by atoms with E-state index < -0.39 is 10.0 Å². The molecule has 0 heterocycles. The number of benzene rings is 2. The van der Waals surface area contributed by atoms with Crippen molar-refractivity contribution in [2.45, 2.75) is 11.8 Å². The maximum atomic E-state index is 12.5. The maximum absolute atomic E-state index is 12.5. The molecule has 7 heteroatoms. The normalized spacial score (nSPS) is 11.3. The number of amides is 1. The number of anilines is 1. The second kappa shape index (κ2) is 7.46. The lowest BCUT2D eigenvalue weighted by molar-refractivity contribution is 0.102. The van der Waals surface area contributed by atoms with Crippen LogP contribution < -0.4 is 10.1 Å². The Labute approximate surface area is 142 Å². The summed E-state index contributed by atoms with van der Waals surface area (Å²) in [4.78, 5) is 12.6. The number of hydrogen-bond donors (Lipinski definition) is 1. The highest BCUT2D eigenvalue weighted by Gasteiger charge is 2.18. The van der Waals surface area contributed by atoms with Crippen LogP contribution in [-0.4, -0.2) is 39.3 Å². The predicted octanol–water partition coefficient (Wildman–Crippen LogP) is 2.59. The first-order valence-corrected chi connectivity index (χ1v) is 8.86. The summed E-state index contributed by atoms with van der Waals surface area (Å²) in [5.41, 5.74) is 0.787. The monoisotopic (exact) mass is 348 g/mol. The fraction of sp³-hybridized carbons (Fsp3) is 0.235. The summed E-state index contributed by atoms with van der Waals surface area (Å²) >= 11 is 0. The summed E-state index contributed by atoms with van der Waals surface area (Å²) < 4.78 is 30.9. The Morgan fingerprint density at radius 2 is 1.83 bits per heavy atom. The molecule has 0 aromatic heterocycles. The van der Waals surface area contributed by atoms with Crippen LogP contribution in [0.25, 0.3) is 0 Å². The molecular weight excluding hydrogens is 328 g/mol. The topological polar surface area (TPSA) is 75.7 Å². The molecule has 0 atom stereocenters. The van der Waals surface area contributed by atoms with Crippen LogP contribution in [-0.2, 0) is 10.0 Å². The molecule has 0 saturated carbocycles. The van der Waals surface area contributed by atoms with Crippen LogP contribution in [0.1, 0.15) is 17.3 Å². The van der Waals surface area contributed by atoms with Gasteiger partial charge in [-0.25, -0.2) is 12.7 Å². The lowest BCUT2D eigenvalue weighted by Crippen LogP contribution is -2.22. The van der Waals surface area contributed by atoms with Gasteiger partial charge in [0, 0.05) is 19.8 Å². The van der Waals surface area contributed by atoms with E-state index in [2.05, 4.69) is 5.32 Å². The van der Waals surface area contributed by atoms with Crippen molar-refractivity contribution in [2.24, 2.45) is 0 Å². The minimum Gasteiger partial charge on any atom is -0.493 e. The highest BCUT2D eigenvalue weighted by atomic mass is 32.2. The molecular formula is C17H20N2O4S. The van der Waals surface area contributed by atoms with Crippen molar-refractivity contribution in [2.75, 3.05) is 26.0 Å². The second-order valence-corrected chi connectivity index (χ2v) is 7.35. The molecule has 0 fully saturated rings. The van der Waals surface area contributed by atoms with Gasteiger partial charge in [-0.2, -0.15) is 0 Å². The van der Waals surface area contributed by atoms with E-state index in [0.717, 1.165) is 4.31 Å². The van der Waals surface area contributed by atoms with Gasteiger partial charge in [-0.15, -0.1) is 0 Å². The van der Waals surface area contributed by atoms with E-state index >= 15 is 0 Å². The minimum atomic E-state index is -3.56. The first kappa shape index (κ1) is 18.0. The average Bonchev–Trinajstić information content (AvgIpc) is 2.55. The Hall–Kier alpha value is -2.38. The van der Waals surface area contributed by atoms with Crippen molar-refractivity contribution in [1.29, 1.82) is 0 Å². The molecule has 2 aromatic carbocycles. The van der Waals surface area contributed by atoms with Crippen molar-refractivity contribution in [3.8, 4) is 5.75 Å². The third-order valence-corrected chi connectivity index (χ3v) is 5.11. The standard InChI is InChI=1S/C17H20N2O4S/c1-4-23-16-11-6-5-10-15(16)17(20)18-13-8-7-9-14(12-13)24(21,22)19(2)3/h5-12H,4H2,1-3H3,(H,18,20). The first-order chi connectivity index (χ1) is 11.4. The highest BCUT2D eigenvalue weighted by Crippen LogP contribution is 2.22. The summed E-state index contributed by atoms with van der Waals surface area (Å²) in [6.45, 7) is 2.28. The van der Waals surface area contributed by atoms with Gasteiger partial charge in [0.2, 0.25) is 10.0 Å². The van der Waals surface area contributed by atoms with Crippen LogP contribution in [0, 0.1) is 0 Å². The van der Waals surface area contributed by atoms with Crippen molar-refractivity contribution in [3.63, 3.8) is 0 Å². The lowest BCUT2D eigenvalue weighted by atomic mass is 10.2. The van der Waals surface area contributed by atoms with Gasteiger partial charge in [0.1, 0.15) is 5.75 Å². The molecule has 1 N–H and O–H groups in total. The quantitative estimate of drug-likeness (QED) is 0.870. The number of carbonyl (C=O) groups excluding carboxylic acids is 1. The van der Waals surface area contributed by atoms with E-state index in [9.17, 15) is 13.2 Å². The molecule has 2 rings (SSSR count). The Morgan fingerprint density at radius 3 is 2.50 bits per heavy atom. The van der Waals surface area contributed by atoms with Crippen LogP contribution in [0.2, 0.25) is 0 Å². The third-order valence-electron chi connectivity index (χ3n) is 3.30. The summed E-state index contributed by atoms with van der Waals surface area (Å²) in [6.07, 6.45) is 0. The van der Waals surface area contributed by atoms with Crippen LogP contribution in [0.5, 0.6) is 5.75 Å². The van der Waals surface area contributed by atoms with E-state index in [1.807, 2.05) is 6.92 Å². The van der Waals surface area contributed by atoms with Gasteiger partial charge in [-0.3, -0.25) is 4.79 Å². The van der Waals surface area contributed by atoms with E-state index in [0.29, 0.717) is 23.6 Å². The number of ether oxygens (including phenoxy) is 1. The zero-order valence-electron chi connectivity index (χ0n) is 13.8. The van der Waals surface area contributed by atoms with E-state index in [1.165, 1.54) is 26.2 Å². The maximum Gasteiger partial charge on any atom is 0.259 e. The molecule has 2 aromatic rings. The molecule has 0 bridgehead atoms. The highest BCUT2D eigenvalue weighted by molar-refractivity contribution is 7.89. The fourth-order valence-corrected chi connectivity index (χ4v) is 3.03. The van der Waals surface area contributed by atoms with E-state index in [1.54, 1.807) is 36.4 Å². The van der Waals surface area contributed by atoms with Gasteiger partial charge in [-0.1, -0.05) is 18.2 Å². The van der Waals surface area contributed by atoms with Crippen molar-refractivity contribution < 1.29 is 17.9 Å². The van der Waals surface area contributed by atoms with Gasteiger partial charge in [0.15, 0.2) is 0 Å². The third kappa shape index (κ3) is 3.93.